The predicted molar refractivity (Wildman–Crippen MR) is 84.5 cm³/mol. The molecule has 5 heteroatoms. The van der Waals surface area contributed by atoms with Crippen LogP contribution in [0.25, 0.3) is 0 Å². The van der Waals surface area contributed by atoms with E-state index >= 15 is 0 Å². The Hall–Kier alpha value is -1.46. The van der Waals surface area contributed by atoms with E-state index in [0.717, 1.165) is 30.9 Å². The highest BCUT2D eigenvalue weighted by atomic mass is 16.5. The molecule has 1 unspecified atom stereocenters. The summed E-state index contributed by atoms with van der Waals surface area (Å²) in [5.74, 6) is -0.153. The lowest BCUT2D eigenvalue weighted by Crippen LogP contribution is -2.52. The first-order chi connectivity index (χ1) is 10.7. The molecule has 0 spiro atoms. The molecule has 5 nitrogen and oxygen atoms in total. The third kappa shape index (κ3) is 3.15. The van der Waals surface area contributed by atoms with Gasteiger partial charge in [0, 0.05) is 37.6 Å². The van der Waals surface area contributed by atoms with Crippen LogP contribution in [-0.4, -0.2) is 59.6 Å². The van der Waals surface area contributed by atoms with Crippen molar-refractivity contribution in [3.05, 3.63) is 29.6 Å². The molecule has 0 aliphatic carbocycles. The number of piperazine rings is 1. The molecule has 0 saturated carbocycles. The Morgan fingerprint density at radius 3 is 3.00 bits per heavy atom. The Kier molecular flexibility index (Phi) is 4.74. The zero-order valence-corrected chi connectivity index (χ0v) is 13.5. The second kappa shape index (κ2) is 6.75. The summed E-state index contributed by atoms with van der Waals surface area (Å²) in [6.45, 7) is 8.33. The van der Waals surface area contributed by atoms with Crippen molar-refractivity contribution in [2.75, 3.05) is 32.8 Å². The summed E-state index contributed by atoms with van der Waals surface area (Å²) in [6.07, 6.45) is 4.32. The van der Waals surface area contributed by atoms with E-state index in [-0.39, 0.29) is 12.0 Å². The van der Waals surface area contributed by atoms with Crippen molar-refractivity contribution >= 4 is 5.97 Å². The van der Waals surface area contributed by atoms with Crippen LogP contribution in [0.4, 0.5) is 0 Å². The number of ether oxygens (including phenoxy) is 1. The monoisotopic (exact) mass is 303 g/mol. The number of aromatic nitrogens is 1. The lowest BCUT2D eigenvalue weighted by molar-refractivity contribution is -0.151. The zero-order chi connectivity index (χ0) is 15.5. The molecular formula is C17H25N3O2. The van der Waals surface area contributed by atoms with E-state index in [4.69, 9.17) is 4.74 Å². The number of aryl methyl sites for hydroxylation is 1. The molecule has 2 aliphatic heterocycles. The van der Waals surface area contributed by atoms with Gasteiger partial charge in [0.2, 0.25) is 0 Å². The number of carbonyl (C=O) groups excluding carboxylic acids is 1. The van der Waals surface area contributed by atoms with Gasteiger partial charge >= 0.3 is 5.97 Å². The lowest BCUT2D eigenvalue weighted by atomic mass is 10.0. The van der Waals surface area contributed by atoms with Crippen LogP contribution < -0.4 is 0 Å². The van der Waals surface area contributed by atoms with Crippen molar-refractivity contribution in [3.63, 3.8) is 0 Å². The van der Waals surface area contributed by atoms with Gasteiger partial charge in [-0.25, -0.2) is 4.79 Å². The number of hydrogen-bond acceptors (Lipinski definition) is 5. The summed E-state index contributed by atoms with van der Waals surface area (Å²) in [7, 11) is 0. The molecule has 120 valence electrons. The van der Waals surface area contributed by atoms with Gasteiger partial charge in [-0.15, -0.1) is 0 Å². The number of pyridine rings is 1. The van der Waals surface area contributed by atoms with Crippen molar-refractivity contribution < 1.29 is 9.53 Å². The second-order valence-corrected chi connectivity index (χ2v) is 6.21. The standard InChI is InChI=1S/C17H25N3O2/c1-3-22-17(21)16(14-7-6-13(2)18-11-14)20-10-9-19-8-4-5-15(19)12-20/h6-7,11,15-16H,3-5,8-10,12H2,1-2H3/t15-,16?/m1/s1. The SMILES string of the molecule is CCOC(=O)C(c1ccc(C)nc1)N1CCN2CCC[C@@H]2C1. The molecule has 2 fully saturated rings. The number of carbonyl (C=O) groups is 1. The van der Waals surface area contributed by atoms with E-state index in [9.17, 15) is 4.79 Å². The predicted octanol–water partition coefficient (Wildman–Crippen LogP) is 1.77. The van der Waals surface area contributed by atoms with Gasteiger partial charge in [-0.1, -0.05) is 6.07 Å². The highest BCUT2D eigenvalue weighted by Crippen LogP contribution is 2.29. The van der Waals surface area contributed by atoms with Crippen LogP contribution in [0.15, 0.2) is 18.3 Å². The molecule has 22 heavy (non-hydrogen) atoms. The number of esters is 1. The highest BCUT2D eigenvalue weighted by Gasteiger charge is 2.37. The molecule has 0 N–H and O–H groups in total. The van der Waals surface area contributed by atoms with Crippen LogP contribution >= 0.6 is 0 Å². The molecule has 0 radical (unpaired) electrons. The van der Waals surface area contributed by atoms with E-state index in [1.807, 2.05) is 32.2 Å². The molecule has 3 heterocycles. The molecule has 2 aliphatic rings. The van der Waals surface area contributed by atoms with Gasteiger partial charge in [-0.2, -0.15) is 0 Å². The highest BCUT2D eigenvalue weighted by molar-refractivity contribution is 5.77. The maximum Gasteiger partial charge on any atom is 0.328 e. The maximum atomic E-state index is 12.5. The third-order valence-electron chi connectivity index (χ3n) is 4.74. The second-order valence-electron chi connectivity index (χ2n) is 6.21. The van der Waals surface area contributed by atoms with Crippen molar-refractivity contribution in [1.82, 2.24) is 14.8 Å². The number of rotatable bonds is 4. The molecule has 1 aromatic rings. The zero-order valence-electron chi connectivity index (χ0n) is 13.5. The normalized spacial score (nSPS) is 24.0. The van der Waals surface area contributed by atoms with Gasteiger partial charge in [0.1, 0.15) is 6.04 Å². The minimum absolute atomic E-state index is 0.153. The third-order valence-corrected chi connectivity index (χ3v) is 4.74. The summed E-state index contributed by atoms with van der Waals surface area (Å²) < 4.78 is 5.33. The molecule has 0 aromatic carbocycles. The molecule has 2 atom stereocenters. The molecule has 0 amide bonds. The molecule has 0 bridgehead atoms. The fourth-order valence-corrected chi connectivity index (χ4v) is 3.61. The molecule has 2 saturated heterocycles. The van der Waals surface area contributed by atoms with Crippen LogP contribution in [0.2, 0.25) is 0 Å². The van der Waals surface area contributed by atoms with E-state index < -0.39 is 0 Å². The Morgan fingerprint density at radius 1 is 1.41 bits per heavy atom. The number of fused-ring (bicyclic) bond motifs is 1. The van der Waals surface area contributed by atoms with Crippen LogP contribution in [0.5, 0.6) is 0 Å². The minimum atomic E-state index is -0.323. The van der Waals surface area contributed by atoms with Crippen LogP contribution in [0.3, 0.4) is 0 Å². The Bertz CT molecular complexity index is 517. The van der Waals surface area contributed by atoms with Gasteiger partial charge in [0.25, 0.3) is 0 Å². The fourth-order valence-electron chi connectivity index (χ4n) is 3.61. The maximum absolute atomic E-state index is 12.5. The van der Waals surface area contributed by atoms with Crippen LogP contribution in [-0.2, 0) is 9.53 Å². The van der Waals surface area contributed by atoms with Gasteiger partial charge in [0.15, 0.2) is 0 Å². The largest absolute Gasteiger partial charge is 0.465 e. The van der Waals surface area contributed by atoms with Gasteiger partial charge in [0.05, 0.1) is 6.61 Å². The van der Waals surface area contributed by atoms with Gasteiger partial charge in [-0.3, -0.25) is 14.8 Å². The molecule has 3 rings (SSSR count). The van der Waals surface area contributed by atoms with Crippen LogP contribution in [0.1, 0.15) is 37.1 Å². The first kappa shape index (κ1) is 15.4. The van der Waals surface area contributed by atoms with Crippen molar-refractivity contribution in [2.45, 2.75) is 38.8 Å². The molecular weight excluding hydrogens is 278 g/mol. The quantitative estimate of drug-likeness (QED) is 0.793. The molecule has 1 aromatic heterocycles. The average molecular weight is 303 g/mol. The minimum Gasteiger partial charge on any atom is -0.465 e. The van der Waals surface area contributed by atoms with Gasteiger partial charge in [-0.05, 0) is 44.9 Å². The number of hydrogen-bond donors (Lipinski definition) is 0. The van der Waals surface area contributed by atoms with Crippen LogP contribution in [0, 0.1) is 6.92 Å². The summed E-state index contributed by atoms with van der Waals surface area (Å²) in [4.78, 5) is 21.7. The van der Waals surface area contributed by atoms with E-state index in [0.29, 0.717) is 12.6 Å². The summed E-state index contributed by atoms with van der Waals surface area (Å²) in [5.41, 5.74) is 1.91. The van der Waals surface area contributed by atoms with E-state index in [2.05, 4.69) is 14.8 Å². The first-order valence-electron chi connectivity index (χ1n) is 8.26. The summed E-state index contributed by atoms with van der Waals surface area (Å²) >= 11 is 0. The lowest BCUT2D eigenvalue weighted by Gasteiger charge is -2.40. The van der Waals surface area contributed by atoms with Crippen molar-refractivity contribution in [1.29, 1.82) is 0 Å². The van der Waals surface area contributed by atoms with Crippen molar-refractivity contribution in [2.24, 2.45) is 0 Å². The van der Waals surface area contributed by atoms with Gasteiger partial charge < -0.3 is 4.74 Å². The van der Waals surface area contributed by atoms with E-state index in [1.54, 1.807) is 0 Å². The first-order valence-corrected chi connectivity index (χ1v) is 8.26. The Balaban J connectivity index is 1.81. The Morgan fingerprint density at radius 2 is 2.27 bits per heavy atom. The van der Waals surface area contributed by atoms with Crippen molar-refractivity contribution in [3.8, 4) is 0 Å². The summed E-state index contributed by atoms with van der Waals surface area (Å²) in [6, 6.07) is 4.23. The smallest absolute Gasteiger partial charge is 0.328 e. The van der Waals surface area contributed by atoms with E-state index in [1.165, 1.54) is 19.4 Å². The fraction of sp³-hybridized carbons (Fsp3) is 0.647. The average Bonchev–Trinajstić information content (AvgIpc) is 2.97. The number of nitrogens with zero attached hydrogens (tertiary/aromatic N) is 3. The Labute approximate surface area is 132 Å². The topological polar surface area (TPSA) is 45.7 Å². The summed E-state index contributed by atoms with van der Waals surface area (Å²) in [5, 5.41) is 0.